The van der Waals surface area contributed by atoms with Crippen LogP contribution < -0.4 is 5.32 Å². The maximum absolute atomic E-state index is 12.6. The lowest BCUT2D eigenvalue weighted by molar-refractivity contribution is -0.0944. The lowest BCUT2D eigenvalue weighted by Gasteiger charge is -2.43. The van der Waals surface area contributed by atoms with Crippen molar-refractivity contribution in [1.82, 2.24) is 20.2 Å². The highest BCUT2D eigenvalue weighted by Crippen LogP contribution is 2.45. The fourth-order valence-corrected chi connectivity index (χ4v) is 5.31. The van der Waals surface area contributed by atoms with E-state index in [9.17, 15) is 4.79 Å². The van der Waals surface area contributed by atoms with E-state index in [2.05, 4.69) is 33.2 Å². The van der Waals surface area contributed by atoms with Crippen molar-refractivity contribution in [2.45, 2.75) is 38.2 Å². The Morgan fingerprint density at radius 3 is 2.96 bits per heavy atom. The average Bonchev–Trinajstić information content (AvgIpc) is 3.16. The SMILES string of the molecule is CCN1CCC2(CC1)OCCc1cc(C(=O)NCCc3cnccn3)sc12. The summed E-state index contributed by atoms with van der Waals surface area (Å²) >= 11 is 1.62. The third-order valence-corrected chi connectivity index (χ3v) is 6.95. The van der Waals surface area contributed by atoms with E-state index in [0.29, 0.717) is 13.0 Å². The molecule has 1 N–H and O–H groups in total. The van der Waals surface area contributed by atoms with Gasteiger partial charge in [0.1, 0.15) is 5.60 Å². The normalized spacial score (nSPS) is 19.0. The van der Waals surface area contributed by atoms with Gasteiger partial charge in [-0.2, -0.15) is 0 Å². The largest absolute Gasteiger partial charge is 0.369 e. The summed E-state index contributed by atoms with van der Waals surface area (Å²) in [5, 5.41) is 3.02. The van der Waals surface area contributed by atoms with Gasteiger partial charge in [0, 0.05) is 49.5 Å². The monoisotopic (exact) mass is 386 g/mol. The van der Waals surface area contributed by atoms with Gasteiger partial charge >= 0.3 is 0 Å². The van der Waals surface area contributed by atoms with Gasteiger partial charge in [-0.15, -0.1) is 11.3 Å². The molecule has 0 bridgehead atoms. The fraction of sp³-hybridized carbons (Fsp3) is 0.550. The van der Waals surface area contributed by atoms with Crippen LogP contribution in [0.5, 0.6) is 0 Å². The van der Waals surface area contributed by atoms with Crippen LogP contribution in [0, 0.1) is 0 Å². The summed E-state index contributed by atoms with van der Waals surface area (Å²) in [4.78, 5) is 25.5. The quantitative estimate of drug-likeness (QED) is 0.855. The number of hydrogen-bond acceptors (Lipinski definition) is 6. The molecule has 0 unspecified atom stereocenters. The minimum atomic E-state index is -0.178. The summed E-state index contributed by atoms with van der Waals surface area (Å²) in [7, 11) is 0. The zero-order chi connectivity index (χ0) is 18.7. The van der Waals surface area contributed by atoms with Crippen LogP contribution in [0.15, 0.2) is 24.7 Å². The number of carbonyl (C=O) groups excluding carboxylic acids is 1. The Labute approximate surface area is 164 Å². The lowest BCUT2D eigenvalue weighted by atomic mass is 9.85. The van der Waals surface area contributed by atoms with Crippen LogP contribution in [0.1, 0.15) is 45.6 Å². The Morgan fingerprint density at radius 1 is 1.37 bits per heavy atom. The highest BCUT2D eigenvalue weighted by molar-refractivity contribution is 7.14. The zero-order valence-electron chi connectivity index (χ0n) is 15.7. The molecular weight excluding hydrogens is 360 g/mol. The van der Waals surface area contributed by atoms with Crippen molar-refractivity contribution in [1.29, 1.82) is 0 Å². The van der Waals surface area contributed by atoms with Crippen molar-refractivity contribution in [3.8, 4) is 0 Å². The van der Waals surface area contributed by atoms with Crippen LogP contribution in [-0.4, -0.2) is 53.6 Å². The molecule has 2 aliphatic heterocycles. The molecule has 0 aliphatic carbocycles. The molecule has 2 aliphatic rings. The summed E-state index contributed by atoms with van der Waals surface area (Å²) < 4.78 is 6.29. The number of ether oxygens (including phenoxy) is 1. The van der Waals surface area contributed by atoms with Crippen LogP contribution in [0.25, 0.3) is 0 Å². The molecule has 1 amide bonds. The summed E-state index contributed by atoms with van der Waals surface area (Å²) in [6.07, 6.45) is 8.68. The molecule has 1 spiro atoms. The first kappa shape index (κ1) is 18.5. The summed E-state index contributed by atoms with van der Waals surface area (Å²) in [5.74, 6) is -0.000524. The molecule has 6 nitrogen and oxygen atoms in total. The van der Waals surface area contributed by atoms with Crippen molar-refractivity contribution >= 4 is 17.2 Å². The topological polar surface area (TPSA) is 67.3 Å². The van der Waals surface area contributed by atoms with E-state index in [0.717, 1.165) is 56.1 Å². The second-order valence-corrected chi connectivity index (χ2v) is 8.25. The van der Waals surface area contributed by atoms with Gasteiger partial charge in [0.15, 0.2) is 0 Å². The van der Waals surface area contributed by atoms with Gasteiger partial charge in [0.25, 0.3) is 5.91 Å². The fourth-order valence-electron chi connectivity index (χ4n) is 3.99. The number of fused-ring (bicyclic) bond motifs is 2. The molecule has 0 saturated carbocycles. The van der Waals surface area contributed by atoms with Crippen LogP contribution in [0.3, 0.4) is 0 Å². The van der Waals surface area contributed by atoms with Crippen molar-refractivity contribution in [2.24, 2.45) is 0 Å². The van der Waals surface area contributed by atoms with Crippen LogP contribution in [-0.2, 0) is 23.2 Å². The minimum Gasteiger partial charge on any atom is -0.369 e. The minimum absolute atomic E-state index is 0.000524. The maximum Gasteiger partial charge on any atom is 0.261 e. The molecule has 7 heteroatoms. The van der Waals surface area contributed by atoms with Gasteiger partial charge in [-0.05, 0) is 37.4 Å². The van der Waals surface area contributed by atoms with Gasteiger partial charge in [-0.1, -0.05) is 6.92 Å². The van der Waals surface area contributed by atoms with Crippen LogP contribution >= 0.6 is 11.3 Å². The maximum atomic E-state index is 12.6. The molecule has 1 fully saturated rings. The zero-order valence-corrected chi connectivity index (χ0v) is 16.6. The van der Waals surface area contributed by atoms with E-state index in [4.69, 9.17) is 4.74 Å². The molecule has 2 aromatic rings. The van der Waals surface area contributed by atoms with E-state index in [-0.39, 0.29) is 11.5 Å². The van der Waals surface area contributed by atoms with Crippen LogP contribution in [0.2, 0.25) is 0 Å². The van der Waals surface area contributed by atoms with Gasteiger partial charge in [-0.3, -0.25) is 14.8 Å². The average molecular weight is 387 g/mol. The number of hydrogen-bond donors (Lipinski definition) is 1. The first-order valence-corrected chi connectivity index (χ1v) is 10.5. The summed E-state index contributed by atoms with van der Waals surface area (Å²) in [6.45, 7) is 6.74. The Morgan fingerprint density at radius 2 is 2.22 bits per heavy atom. The predicted molar refractivity (Wildman–Crippen MR) is 105 cm³/mol. The molecule has 144 valence electrons. The van der Waals surface area contributed by atoms with Gasteiger partial charge < -0.3 is 15.0 Å². The number of nitrogens with one attached hydrogen (secondary N) is 1. The van der Waals surface area contributed by atoms with E-state index in [1.165, 1.54) is 10.4 Å². The number of aromatic nitrogens is 2. The third kappa shape index (κ3) is 3.90. The Bertz CT molecular complexity index is 785. The van der Waals surface area contributed by atoms with Gasteiger partial charge in [0.2, 0.25) is 0 Å². The highest BCUT2D eigenvalue weighted by atomic mass is 32.1. The standard InChI is InChI=1S/C20H26N4O2S/c1-2-24-10-5-20(6-11-24)18-15(4-12-26-20)13-17(27-18)19(25)23-7-3-16-14-21-8-9-22-16/h8-9,13-14H,2-7,10-12H2,1H3,(H,23,25). The molecule has 0 radical (unpaired) electrons. The van der Waals surface area contributed by atoms with Gasteiger partial charge in [0.05, 0.1) is 17.2 Å². The predicted octanol–water partition coefficient (Wildman–Crippen LogP) is 2.39. The van der Waals surface area contributed by atoms with Gasteiger partial charge in [-0.25, -0.2) is 0 Å². The Balaban J connectivity index is 1.42. The summed E-state index contributed by atoms with van der Waals surface area (Å²) in [5.41, 5.74) is 2.01. The van der Waals surface area contributed by atoms with Crippen molar-refractivity contribution in [3.63, 3.8) is 0 Å². The van der Waals surface area contributed by atoms with Crippen molar-refractivity contribution in [2.75, 3.05) is 32.8 Å². The van der Waals surface area contributed by atoms with Crippen LogP contribution in [0.4, 0.5) is 0 Å². The Kier molecular flexibility index (Phi) is 5.52. The number of amides is 1. The van der Waals surface area contributed by atoms with E-state index >= 15 is 0 Å². The first-order chi connectivity index (χ1) is 13.2. The Hall–Kier alpha value is -1.83. The summed E-state index contributed by atoms with van der Waals surface area (Å²) in [6, 6.07) is 2.08. The lowest BCUT2D eigenvalue weighted by Crippen LogP contribution is -2.45. The molecule has 1 saturated heterocycles. The second kappa shape index (κ2) is 8.04. The molecule has 4 heterocycles. The first-order valence-electron chi connectivity index (χ1n) is 9.73. The number of thiophene rings is 1. The molecule has 4 rings (SSSR count). The molecule has 2 aromatic heterocycles. The molecule has 27 heavy (non-hydrogen) atoms. The molecular formula is C20H26N4O2S. The number of carbonyl (C=O) groups is 1. The van der Waals surface area contributed by atoms with Crippen molar-refractivity contribution < 1.29 is 9.53 Å². The third-order valence-electron chi connectivity index (χ3n) is 5.59. The smallest absolute Gasteiger partial charge is 0.261 e. The van der Waals surface area contributed by atoms with E-state index < -0.39 is 0 Å². The number of piperidine rings is 1. The molecule has 0 atom stereocenters. The van der Waals surface area contributed by atoms with E-state index in [1.54, 1.807) is 29.9 Å². The number of likely N-dealkylation sites (tertiary alicyclic amines) is 1. The second-order valence-electron chi connectivity index (χ2n) is 7.19. The number of nitrogens with zero attached hydrogens (tertiary/aromatic N) is 3. The highest BCUT2D eigenvalue weighted by Gasteiger charge is 2.42. The van der Waals surface area contributed by atoms with E-state index in [1.807, 2.05) is 0 Å². The number of rotatable bonds is 5. The van der Waals surface area contributed by atoms with Crippen molar-refractivity contribution in [3.05, 3.63) is 45.7 Å². The molecule has 0 aromatic carbocycles.